The Morgan fingerprint density at radius 3 is 2.71 bits per heavy atom. The molecule has 2 atom stereocenters. The van der Waals surface area contributed by atoms with Crippen LogP contribution in [0.4, 0.5) is 20.3 Å². The molecule has 4 aromatic rings. The Labute approximate surface area is 265 Å². The van der Waals surface area contributed by atoms with Crippen molar-refractivity contribution in [3.63, 3.8) is 0 Å². The van der Waals surface area contributed by atoms with Gasteiger partial charge in [-0.05, 0) is 61.2 Å². The van der Waals surface area contributed by atoms with E-state index in [0.29, 0.717) is 59.4 Å². The predicted octanol–water partition coefficient (Wildman–Crippen LogP) is 6.56. The van der Waals surface area contributed by atoms with Crippen molar-refractivity contribution in [3.8, 4) is 6.07 Å². The van der Waals surface area contributed by atoms with Gasteiger partial charge in [0.1, 0.15) is 11.9 Å². The number of aromatic nitrogens is 3. The van der Waals surface area contributed by atoms with E-state index in [9.17, 15) is 23.6 Å². The molecule has 9 nitrogen and oxygen atoms in total. The fourth-order valence-corrected chi connectivity index (χ4v) is 6.14. The standard InChI is InChI=1S/C33H34ClF2N7O2/c1-2-5-29(42(21-44)31-16-22(18-37)12-15-38-31)32(45)43(25-9-8-23-19-40-41-28(23)17-25)30(26-6-3-4-7-27(26)34)20-39-24-10-13-33(35,36)14-11-24/h3-4,6-9,12,15-17,19,21,24,29-30,39H,2,5,10-11,13-14,20H2,1H3,(H,40,41). The summed E-state index contributed by atoms with van der Waals surface area (Å²) in [5.41, 5.74) is 2.19. The fraction of sp³-hybridized carbons (Fsp3) is 0.364. The summed E-state index contributed by atoms with van der Waals surface area (Å²) in [6, 6.07) is 15.9. The van der Waals surface area contributed by atoms with Gasteiger partial charge >= 0.3 is 0 Å². The second-order valence-electron chi connectivity index (χ2n) is 11.3. The highest BCUT2D eigenvalue weighted by Gasteiger charge is 2.38. The summed E-state index contributed by atoms with van der Waals surface area (Å²) >= 11 is 6.76. The number of H-pyrrole nitrogens is 1. The molecule has 2 aromatic heterocycles. The largest absolute Gasteiger partial charge is 0.312 e. The smallest absolute Gasteiger partial charge is 0.250 e. The van der Waals surface area contributed by atoms with Gasteiger partial charge in [0, 0.05) is 47.7 Å². The van der Waals surface area contributed by atoms with E-state index in [1.807, 2.05) is 37.3 Å². The summed E-state index contributed by atoms with van der Waals surface area (Å²) in [5.74, 6) is -2.89. The molecule has 45 heavy (non-hydrogen) atoms. The number of fused-ring (bicyclic) bond motifs is 1. The Balaban J connectivity index is 1.60. The molecular formula is C33H34ClF2N7O2. The number of rotatable bonds is 12. The van der Waals surface area contributed by atoms with Crippen LogP contribution in [0.1, 0.15) is 62.6 Å². The van der Waals surface area contributed by atoms with Crippen LogP contribution >= 0.6 is 11.6 Å². The highest BCUT2D eigenvalue weighted by atomic mass is 35.5. The van der Waals surface area contributed by atoms with Crippen LogP contribution < -0.4 is 15.1 Å². The van der Waals surface area contributed by atoms with Gasteiger partial charge in [0.15, 0.2) is 0 Å². The highest BCUT2D eigenvalue weighted by molar-refractivity contribution is 6.31. The molecule has 1 aliphatic carbocycles. The number of carbonyl (C=O) groups is 2. The molecule has 1 fully saturated rings. The van der Waals surface area contributed by atoms with Crippen molar-refractivity contribution in [3.05, 3.63) is 83.1 Å². The predicted molar refractivity (Wildman–Crippen MR) is 169 cm³/mol. The van der Waals surface area contributed by atoms with E-state index in [1.165, 1.54) is 23.2 Å². The van der Waals surface area contributed by atoms with Gasteiger partial charge < -0.3 is 10.2 Å². The first-order chi connectivity index (χ1) is 21.7. The number of alkyl halides is 2. The van der Waals surface area contributed by atoms with Gasteiger partial charge in [0.2, 0.25) is 12.3 Å². The topological polar surface area (TPSA) is 118 Å². The van der Waals surface area contributed by atoms with E-state index < -0.39 is 23.9 Å². The van der Waals surface area contributed by atoms with E-state index in [0.717, 1.165) is 5.39 Å². The Hall–Kier alpha value is -4.40. The zero-order chi connectivity index (χ0) is 32.0. The molecule has 0 spiro atoms. The molecule has 0 saturated heterocycles. The lowest BCUT2D eigenvalue weighted by atomic mass is 9.91. The lowest BCUT2D eigenvalue weighted by molar-refractivity contribution is -0.122. The van der Waals surface area contributed by atoms with Gasteiger partial charge in [-0.2, -0.15) is 10.4 Å². The summed E-state index contributed by atoms with van der Waals surface area (Å²) < 4.78 is 27.9. The molecule has 2 aromatic carbocycles. The minimum atomic E-state index is -2.68. The third kappa shape index (κ3) is 7.30. The number of anilines is 2. The maximum Gasteiger partial charge on any atom is 0.250 e. The molecular weight excluding hydrogens is 600 g/mol. The number of hydrogen-bond donors (Lipinski definition) is 2. The summed E-state index contributed by atoms with van der Waals surface area (Å²) in [4.78, 5) is 34.7. The van der Waals surface area contributed by atoms with E-state index in [2.05, 4.69) is 26.6 Å². The van der Waals surface area contributed by atoms with Crippen LogP contribution in [-0.2, 0) is 9.59 Å². The normalized spacial score (nSPS) is 16.1. The zero-order valence-electron chi connectivity index (χ0n) is 24.8. The van der Waals surface area contributed by atoms with Crippen LogP contribution in [0.15, 0.2) is 67.0 Å². The number of nitrogens with one attached hydrogen (secondary N) is 2. The molecule has 1 aliphatic rings. The van der Waals surface area contributed by atoms with Crippen molar-refractivity contribution in [1.29, 1.82) is 5.26 Å². The second-order valence-corrected chi connectivity index (χ2v) is 11.7. The number of nitrogens with zero attached hydrogens (tertiary/aromatic N) is 5. The van der Waals surface area contributed by atoms with Crippen LogP contribution in [0, 0.1) is 11.3 Å². The molecule has 234 valence electrons. The van der Waals surface area contributed by atoms with Crippen molar-refractivity contribution in [1.82, 2.24) is 20.5 Å². The maximum atomic E-state index is 14.9. The maximum absolute atomic E-state index is 14.9. The Morgan fingerprint density at radius 1 is 1.22 bits per heavy atom. The third-order valence-corrected chi connectivity index (χ3v) is 8.61. The van der Waals surface area contributed by atoms with Gasteiger partial charge in [-0.1, -0.05) is 43.1 Å². The lowest BCUT2D eigenvalue weighted by Gasteiger charge is -2.39. The molecule has 2 heterocycles. The van der Waals surface area contributed by atoms with E-state index in [-0.39, 0.29) is 31.2 Å². The molecule has 2 amide bonds. The van der Waals surface area contributed by atoms with Crippen molar-refractivity contribution >= 4 is 46.3 Å². The first kappa shape index (κ1) is 32.0. The number of amides is 2. The number of benzene rings is 2. The summed E-state index contributed by atoms with van der Waals surface area (Å²) in [5, 5.41) is 21.3. The summed E-state index contributed by atoms with van der Waals surface area (Å²) in [7, 11) is 0. The van der Waals surface area contributed by atoms with Gasteiger partial charge in [0.05, 0.1) is 29.4 Å². The number of pyridine rings is 1. The number of halogens is 3. The summed E-state index contributed by atoms with van der Waals surface area (Å²) in [6.45, 7) is 2.13. The number of aromatic amines is 1. The monoisotopic (exact) mass is 633 g/mol. The van der Waals surface area contributed by atoms with Crippen molar-refractivity contribution in [2.75, 3.05) is 16.3 Å². The fourth-order valence-electron chi connectivity index (χ4n) is 5.88. The van der Waals surface area contributed by atoms with Crippen LogP contribution in [0.2, 0.25) is 5.02 Å². The number of hydrogen-bond acceptors (Lipinski definition) is 6. The van der Waals surface area contributed by atoms with Crippen molar-refractivity contribution in [2.45, 2.75) is 69.5 Å². The van der Waals surface area contributed by atoms with E-state index >= 15 is 0 Å². The first-order valence-corrected chi connectivity index (χ1v) is 15.3. The third-order valence-electron chi connectivity index (χ3n) is 8.27. The first-order valence-electron chi connectivity index (χ1n) is 15.0. The minimum absolute atomic E-state index is 0.169. The zero-order valence-corrected chi connectivity index (χ0v) is 25.6. The molecule has 0 aliphatic heterocycles. The Morgan fingerprint density at radius 2 is 2.00 bits per heavy atom. The van der Waals surface area contributed by atoms with Gasteiger partial charge in [0.25, 0.3) is 5.91 Å². The van der Waals surface area contributed by atoms with Crippen molar-refractivity contribution in [2.24, 2.45) is 0 Å². The highest BCUT2D eigenvalue weighted by Crippen LogP contribution is 2.36. The Kier molecular flexibility index (Phi) is 10.1. The van der Waals surface area contributed by atoms with Crippen molar-refractivity contribution < 1.29 is 18.4 Å². The molecule has 5 rings (SSSR count). The lowest BCUT2D eigenvalue weighted by Crippen LogP contribution is -2.52. The molecule has 2 unspecified atom stereocenters. The molecule has 0 bridgehead atoms. The summed E-state index contributed by atoms with van der Waals surface area (Å²) in [6.07, 6.45) is 4.72. The molecule has 12 heteroatoms. The van der Waals surface area contributed by atoms with E-state index in [1.54, 1.807) is 23.2 Å². The van der Waals surface area contributed by atoms with Gasteiger partial charge in [-0.3, -0.25) is 19.6 Å². The van der Waals surface area contributed by atoms with Crippen LogP contribution in [0.3, 0.4) is 0 Å². The quantitative estimate of drug-likeness (QED) is 0.171. The van der Waals surface area contributed by atoms with Gasteiger partial charge in [-0.25, -0.2) is 13.8 Å². The molecule has 0 radical (unpaired) electrons. The second kappa shape index (κ2) is 14.1. The van der Waals surface area contributed by atoms with Crippen LogP contribution in [0.25, 0.3) is 10.9 Å². The number of carbonyl (C=O) groups excluding carboxylic acids is 2. The van der Waals surface area contributed by atoms with Gasteiger partial charge in [-0.15, -0.1) is 0 Å². The number of nitriles is 1. The van der Waals surface area contributed by atoms with E-state index in [4.69, 9.17) is 11.6 Å². The average Bonchev–Trinajstić information content (AvgIpc) is 3.52. The average molecular weight is 634 g/mol. The minimum Gasteiger partial charge on any atom is -0.312 e. The Bertz CT molecular complexity index is 1680. The van der Waals surface area contributed by atoms with Crippen LogP contribution in [0.5, 0.6) is 0 Å². The SMILES string of the molecule is CCCC(C(=O)N(c1ccc2cn[nH]c2c1)C(CNC1CCC(F)(F)CC1)c1ccccc1Cl)N(C=O)c1cc(C#N)ccn1. The molecule has 1 saturated carbocycles. The van der Waals surface area contributed by atoms with Crippen LogP contribution in [-0.4, -0.2) is 52.0 Å². The molecule has 2 N–H and O–H groups in total.